The van der Waals surface area contributed by atoms with Gasteiger partial charge in [0.05, 0.1) is 32.7 Å². The first-order valence-electron chi connectivity index (χ1n) is 5.77. The lowest BCUT2D eigenvalue weighted by molar-refractivity contribution is -0.176. The quantitative estimate of drug-likeness (QED) is 0.640. The van der Waals surface area contributed by atoms with Crippen molar-refractivity contribution < 1.29 is 9.47 Å². The first-order valence-corrected chi connectivity index (χ1v) is 7.39. The summed E-state index contributed by atoms with van der Waals surface area (Å²) in [6.07, 6.45) is -0.156. The molecule has 0 aromatic heterocycles. The van der Waals surface area contributed by atoms with Crippen LogP contribution in [0.1, 0.15) is 13.8 Å². The molecule has 1 aliphatic heterocycles. The molecule has 3 aliphatic carbocycles. The maximum Gasteiger partial charge on any atom is 0.163 e. The Bertz CT molecular complexity index is 380. The van der Waals surface area contributed by atoms with Crippen LogP contribution >= 0.6 is 46.4 Å². The summed E-state index contributed by atoms with van der Waals surface area (Å²) in [6.45, 7) is 3.79. The van der Waals surface area contributed by atoms with Crippen LogP contribution in [0.3, 0.4) is 0 Å². The van der Waals surface area contributed by atoms with Gasteiger partial charge >= 0.3 is 0 Å². The molecule has 4 bridgehead atoms. The molecule has 1 heterocycles. The molecule has 0 aromatic carbocycles. The van der Waals surface area contributed by atoms with Gasteiger partial charge in [0.1, 0.15) is 0 Å². The fourth-order valence-electron chi connectivity index (χ4n) is 4.24. The van der Waals surface area contributed by atoms with E-state index in [0.29, 0.717) is 0 Å². The van der Waals surface area contributed by atoms with Gasteiger partial charge in [0.25, 0.3) is 0 Å². The second-order valence-electron chi connectivity index (χ2n) is 5.96. The molecule has 2 nitrogen and oxygen atoms in total. The summed E-state index contributed by atoms with van der Waals surface area (Å²) < 4.78 is 11.8. The van der Waals surface area contributed by atoms with Crippen LogP contribution in [0.2, 0.25) is 0 Å². The fraction of sp³-hybridized carbons (Fsp3) is 1.00. The number of hydrogen-bond donors (Lipinski definition) is 0. The topological polar surface area (TPSA) is 18.5 Å². The van der Waals surface area contributed by atoms with E-state index in [9.17, 15) is 0 Å². The minimum Gasteiger partial charge on any atom is -0.344 e. The Morgan fingerprint density at radius 1 is 0.824 bits per heavy atom. The van der Waals surface area contributed by atoms with E-state index in [4.69, 9.17) is 55.9 Å². The second kappa shape index (κ2) is 2.89. The van der Waals surface area contributed by atoms with Crippen LogP contribution in [-0.2, 0) is 9.47 Å². The Morgan fingerprint density at radius 2 is 1.18 bits per heavy atom. The van der Waals surface area contributed by atoms with Crippen molar-refractivity contribution in [3.63, 3.8) is 0 Å². The molecule has 0 amide bonds. The number of rotatable bonds is 0. The average Bonchev–Trinajstić information content (AvgIpc) is 2.53. The lowest BCUT2D eigenvalue weighted by atomic mass is 9.38. The molecule has 3 saturated carbocycles. The van der Waals surface area contributed by atoms with Crippen LogP contribution in [0.5, 0.6) is 0 Å². The summed E-state index contributed by atoms with van der Waals surface area (Å²) in [4.78, 5) is -1.25. The van der Waals surface area contributed by atoms with Gasteiger partial charge in [0.15, 0.2) is 5.79 Å². The number of alkyl halides is 4. The highest BCUT2D eigenvalue weighted by atomic mass is 35.5. The Balaban J connectivity index is 1.80. The summed E-state index contributed by atoms with van der Waals surface area (Å²) in [6, 6.07) is 0. The largest absolute Gasteiger partial charge is 0.344 e. The highest BCUT2D eigenvalue weighted by Gasteiger charge is 2.92. The fourth-order valence-corrected chi connectivity index (χ4v) is 7.08. The lowest BCUT2D eigenvalue weighted by Crippen LogP contribution is -2.95. The molecule has 4 rings (SSSR count). The minimum atomic E-state index is -0.627. The van der Waals surface area contributed by atoms with Crippen molar-refractivity contribution in [2.24, 2.45) is 11.8 Å². The van der Waals surface area contributed by atoms with Crippen molar-refractivity contribution in [2.45, 2.75) is 52.3 Å². The van der Waals surface area contributed by atoms with Crippen molar-refractivity contribution >= 4 is 46.4 Å². The van der Waals surface area contributed by atoms with Crippen molar-refractivity contribution in [1.82, 2.24) is 0 Å². The molecule has 1 saturated heterocycles. The van der Waals surface area contributed by atoms with Gasteiger partial charge < -0.3 is 9.47 Å². The first-order chi connectivity index (χ1) is 7.75. The monoisotopic (exact) mass is 316 g/mol. The van der Waals surface area contributed by atoms with Gasteiger partial charge in [0.2, 0.25) is 0 Å². The third kappa shape index (κ3) is 0.946. The van der Waals surface area contributed by atoms with Gasteiger partial charge in [-0.1, -0.05) is 0 Å². The number of fused-ring (bicyclic) bond motifs is 3. The van der Waals surface area contributed by atoms with E-state index in [1.54, 1.807) is 0 Å². The van der Waals surface area contributed by atoms with Gasteiger partial charge in [-0.3, -0.25) is 0 Å². The zero-order chi connectivity index (χ0) is 12.4. The number of ether oxygens (including phenoxy) is 2. The Hall–Kier alpha value is 1.08. The molecule has 8 atom stereocenters. The summed E-state index contributed by atoms with van der Waals surface area (Å²) in [5.74, 6) is -0.654. The highest BCUT2D eigenvalue weighted by Crippen LogP contribution is 2.80. The van der Waals surface area contributed by atoms with E-state index in [0.717, 1.165) is 0 Å². The first kappa shape index (κ1) is 11.9. The molecule has 0 aromatic rings. The molecule has 0 unspecified atom stereocenters. The molecule has 0 radical (unpaired) electrons. The number of hydrogen-bond acceptors (Lipinski definition) is 2. The van der Waals surface area contributed by atoms with Crippen molar-refractivity contribution in [2.75, 3.05) is 0 Å². The van der Waals surface area contributed by atoms with Crippen LogP contribution in [0, 0.1) is 11.8 Å². The second-order valence-corrected chi connectivity index (χ2v) is 8.15. The van der Waals surface area contributed by atoms with E-state index >= 15 is 0 Å². The van der Waals surface area contributed by atoms with Crippen molar-refractivity contribution in [3.05, 3.63) is 0 Å². The highest BCUT2D eigenvalue weighted by molar-refractivity contribution is 6.48. The molecule has 4 aliphatic rings. The molecule has 6 heteroatoms. The summed E-state index contributed by atoms with van der Waals surface area (Å²) in [5.41, 5.74) is 0. The van der Waals surface area contributed by atoms with Crippen LogP contribution < -0.4 is 0 Å². The van der Waals surface area contributed by atoms with Gasteiger partial charge in [-0.25, -0.2) is 0 Å². The van der Waals surface area contributed by atoms with E-state index in [-0.39, 0.29) is 34.8 Å². The van der Waals surface area contributed by atoms with Gasteiger partial charge in [-0.15, -0.1) is 46.4 Å². The Morgan fingerprint density at radius 3 is 1.53 bits per heavy atom. The molecular weight excluding hydrogens is 306 g/mol. The maximum absolute atomic E-state index is 6.60. The van der Waals surface area contributed by atoms with Crippen molar-refractivity contribution in [1.29, 1.82) is 0 Å². The summed E-state index contributed by atoms with van der Waals surface area (Å²) in [5, 5.41) is -0.360. The summed E-state index contributed by atoms with van der Waals surface area (Å²) >= 11 is 26.0. The predicted octanol–water partition coefficient (Wildman–Crippen LogP) is 2.95. The Kier molecular flexibility index (Phi) is 2.02. The molecule has 4 fully saturated rings. The third-order valence-corrected chi connectivity index (χ3v) is 8.01. The molecule has 96 valence electrons. The van der Waals surface area contributed by atoms with Gasteiger partial charge in [0, 0.05) is 11.8 Å². The van der Waals surface area contributed by atoms with E-state index in [1.165, 1.54) is 0 Å². The smallest absolute Gasteiger partial charge is 0.163 e. The molecule has 0 N–H and O–H groups in total. The van der Waals surface area contributed by atoms with Gasteiger partial charge in [-0.2, -0.15) is 0 Å². The third-order valence-electron chi connectivity index (χ3n) is 4.86. The Labute approximate surface area is 120 Å². The van der Waals surface area contributed by atoms with E-state index in [1.807, 2.05) is 13.8 Å². The predicted molar refractivity (Wildman–Crippen MR) is 67.3 cm³/mol. The van der Waals surface area contributed by atoms with E-state index < -0.39 is 15.5 Å². The van der Waals surface area contributed by atoms with Crippen LogP contribution in [0.15, 0.2) is 0 Å². The van der Waals surface area contributed by atoms with E-state index in [2.05, 4.69) is 0 Å². The standard InChI is InChI=1S/C11H12Cl4O2/c1-9(2)16-5-3-7(12)11(15)4(6(5)17-9)8(13)10(3,11)14/h3-8H,1-2H3/t3-,4-,5-,6+,7-,8-,10-,11-/m0/s1. The van der Waals surface area contributed by atoms with Crippen LogP contribution in [-0.4, -0.2) is 38.5 Å². The SMILES string of the molecule is CC1(C)O[C@@H]2[C@H](O1)[C@H]1[C@H](Cl)[C@@]3(Cl)[C@@H]2[C@H](Cl)[C@@]13Cl. The zero-order valence-electron chi connectivity index (χ0n) is 9.29. The minimum absolute atomic E-state index is 0.0254. The maximum atomic E-state index is 6.60. The van der Waals surface area contributed by atoms with Crippen molar-refractivity contribution in [3.8, 4) is 0 Å². The van der Waals surface area contributed by atoms with Gasteiger partial charge in [-0.05, 0) is 13.8 Å². The molecule has 17 heavy (non-hydrogen) atoms. The molecular formula is C11H12Cl4O2. The van der Waals surface area contributed by atoms with Crippen LogP contribution in [0.25, 0.3) is 0 Å². The lowest BCUT2D eigenvalue weighted by Gasteiger charge is -2.80. The number of halogens is 4. The average molecular weight is 318 g/mol. The van der Waals surface area contributed by atoms with Crippen LogP contribution in [0.4, 0.5) is 0 Å². The normalized spacial score (nSPS) is 70.2. The molecule has 0 spiro atoms. The zero-order valence-corrected chi connectivity index (χ0v) is 12.3. The summed E-state index contributed by atoms with van der Waals surface area (Å²) in [7, 11) is 0.